The summed E-state index contributed by atoms with van der Waals surface area (Å²) in [6, 6.07) is 0. The van der Waals surface area contributed by atoms with Crippen molar-refractivity contribution in [1.29, 1.82) is 0 Å². The molecule has 0 spiro atoms. The quantitative estimate of drug-likeness (QED) is 0.0911. The topological polar surface area (TPSA) is 95.8 Å². The zero-order valence-corrected chi connectivity index (χ0v) is 19.1. The van der Waals surface area contributed by atoms with Gasteiger partial charge in [-0.05, 0) is 6.42 Å². The van der Waals surface area contributed by atoms with Crippen molar-refractivity contribution in [2.75, 3.05) is 66.1 Å². The highest BCUT2D eigenvalue weighted by Gasteiger charge is 2.01. The summed E-state index contributed by atoms with van der Waals surface area (Å²) < 4.78 is 26.7. The van der Waals surface area contributed by atoms with Crippen molar-refractivity contribution in [3.8, 4) is 0 Å². The van der Waals surface area contributed by atoms with Crippen LogP contribution in [0, 0.1) is 0 Å². The molecule has 0 aromatic heterocycles. The highest BCUT2D eigenvalue weighted by molar-refractivity contribution is 4.47. The molecule has 0 amide bonds. The van der Waals surface area contributed by atoms with Crippen molar-refractivity contribution in [2.24, 2.45) is 0 Å². The Labute approximate surface area is 183 Å². The predicted molar refractivity (Wildman–Crippen MR) is 116 cm³/mol. The van der Waals surface area contributed by atoms with Crippen molar-refractivity contribution in [3.63, 3.8) is 0 Å². The molecule has 0 fully saturated rings. The minimum absolute atomic E-state index is 0.101. The molecule has 0 aromatic rings. The molecule has 1 unspecified atom stereocenters. The normalized spacial score (nSPS) is 12.5. The molecule has 0 radical (unpaired) electrons. The second-order valence-electron chi connectivity index (χ2n) is 7.27. The molecule has 30 heavy (non-hydrogen) atoms. The van der Waals surface area contributed by atoms with Crippen LogP contribution in [0.2, 0.25) is 0 Å². The molecule has 0 rings (SSSR count). The van der Waals surface area contributed by atoms with Crippen LogP contribution in [0.4, 0.5) is 0 Å². The summed E-state index contributed by atoms with van der Waals surface area (Å²) >= 11 is 0. The largest absolute Gasteiger partial charge is 0.379 e. The van der Waals surface area contributed by atoms with E-state index < -0.39 is 6.29 Å². The molecule has 0 aliphatic rings. The number of rotatable bonds is 26. The average Bonchev–Trinajstić information content (AvgIpc) is 2.76. The Morgan fingerprint density at radius 1 is 0.500 bits per heavy atom. The predicted octanol–water partition coefficient (Wildman–Crippen LogP) is 3.80. The fourth-order valence-electron chi connectivity index (χ4n) is 2.79. The van der Waals surface area contributed by atoms with Crippen LogP contribution in [-0.4, -0.2) is 82.7 Å². The number of unbranched alkanes of at least 4 members (excludes halogenated alkanes) is 9. The van der Waals surface area contributed by atoms with E-state index in [4.69, 9.17) is 34.0 Å². The maximum Gasteiger partial charge on any atom is 0.212 e. The molecule has 0 saturated heterocycles. The molecule has 0 heterocycles. The lowest BCUT2D eigenvalue weighted by Crippen LogP contribution is -2.19. The van der Waals surface area contributed by atoms with Crippen molar-refractivity contribution in [2.45, 2.75) is 77.4 Å². The van der Waals surface area contributed by atoms with Crippen LogP contribution in [0.1, 0.15) is 71.1 Å². The summed E-state index contributed by atoms with van der Waals surface area (Å²) in [6.07, 6.45) is 12.1. The number of ether oxygens (including phenoxy) is 5. The van der Waals surface area contributed by atoms with Gasteiger partial charge in [-0.2, -0.15) is 0 Å². The zero-order chi connectivity index (χ0) is 22.0. The first kappa shape index (κ1) is 29.7. The molecule has 0 saturated carbocycles. The lowest BCUT2D eigenvalue weighted by atomic mass is 10.1. The summed E-state index contributed by atoms with van der Waals surface area (Å²) in [5.41, 5.74) is 0. The molecule has 0 bridgehead atoms. The van der Waals surface area contributed by atoms with E-state index >= 15 is 0 Å². The number of aliphatic hydroxyl groups is 1. The first-order chi connectivity index (χ1) is 14.8. The second-order valence-corrected chi connectivity index (χ2v) is 7.27. The van der Waals surface area contributed by atoms with E-state index in [9.17, 15) is 0 Å². The van der Waals surface area contributed by atoms with E-state index in [1.165, 1.54) is 57.8 Å². The molecule has 8 heteroatoms. The van der Waals surface area contributed by atoms with Crippen LogP contribution >= 0.6 is 0 Å². The Morgan fingerprint density at radius 2 is 0.867 bits per heavy atom. The summed E-state index contributed by atoms with van der Waals surface area (Å²) in [4.78, 5) is 3.65. The monoisotopic (exact) mass is 438 g/mol. The van der Waals surface area contributed by atoms with Crippen LogP contribution in [0.25, 0.3) is 0 Å². The Hall–Kier alpha value is -0.320. The highest BCUT2D eigenvalue weighted by atomic mass is 17.1. The van der Waals surface area contributed by atoms with E-state index in [-0.39, 0.29) is 6.61 Å². The number of hydrogen-bond acceptors (Lipinski definition) is 8. The molecule has 8 nitrogen and oxygen atoms in total. The van der Waals surface area contributed by atoms with Gasteiger partial charge in [-0.25, -0.2) is 10.1 Å². The van der Waals surface area contributed by atoms with Gasteiger partial charge in [0.15, 0.2) is 0 Å². The van der Waals surface area contributed by atoms with Gasteiger partial charge >= 0.3 is 0 Å². The molecule has 1 atom stereocenters. The maximum atomic E-state index is 8.86. The van der Waals surface area contributed by atoms with Crippen molar-refractivity contribution in [3.05, 3.63) is 0 Å². The summed E-state index contributed by atoms with van der Waals surface area (Å²) in [6.45, 7) is 6.93. The fourth-order valence-corrected chi connectivity index (χ4v) is 2.79. The fraction of sp³-hybridized carbons (Fsp3) is 1.00. The van der Waals surface area contributed by atoms with Crippen molar-refractivity contribution >= 4 is 0 Å². The van der Waals surface area contributed by atoms with Gasteiger partial charge in [-0.1, -0.05) is 64.7 Å². The third kappa shape index (κ3) is 25.7. The Bertz CT molecular complexity index is 307. The standard InChI is InChI=1S/C22H46O8/c1-2-3-4-5-6-7-8-9-10-11-12-25-13-14-26-15-16-27-17-18-28-19-20-29-21-22(23)30-24/h22-24H,2-21H2,1H3. The number of hydrogen-bond donors (Lipinski definition) is 2. The summed E-state index contributed by atoms with van der Waals surface area (Å²) in [5.74, 6) is 0. The van der Waals surface area contributed by atoms with Crippen LogP contribution in [0.15, 0.2) is 0 Å². The van der Waals surface area contributed by atoms with Gasteiger partial charge in [-0.15, -0.1) is 0 Å². The first-order valence-electron chi connectivity index (χ1n) is 11.7. The molecular weight excluding hydrogens is 392 g/mol. The second kappa shape index (κ2) is 26.7. The van der Waals surface area contributed by atoms with Gasteiger partial charge in [0, 0.05) is 6.61 Å². The van der Waals surface area contributed by atoms with Crippen LogP contribution in [0.5, 0.6) is 0 Å². The molecule has 0 aliphatic heterocycles. The molecule has 182 valence electrons. The third-order valence-electron chi connectivity index (χ3n) is 4.51. The zero-order valence-electron chi connectivity index (χ0n) is 19.1. The van der Waals surface area contributed by atoms with Gasteiger partial charge in [-0.3, -0.25) is 0 Å². The lowest BCUT2D eigenvalue weighted by Gasteiger charge is -2.09. The highest BCUT2D eigenvalue weighted by Crippen LogP contribution is 2.10. The Balaban J connectivity index is 3.00. The van der Waals surface area contributed by atoms with Gasteiger partial charge in [0.25, 0.3) is 0 Å². The third-order valence-corrected chi connectivity index (χ3v) is 4.51. The van der Waals surface area contributed by atoms with Gasteiger partial charge in [0.05, 0.1) is 52.9 Å². The molecular formula is C22H46O8. The van der Waals surface area contributed by atoms with Crippen LogP contribution in [0.3, 0.4) is 0 Å². The van der Waals surface area contributed by atoms with Crippen LogP contribution in [-0.2, 0) is 28.6 Å². The number of aliphatic hydroxyl groups excluding tert-OH is 1. The smallest absolute Gasteiger partial charge is 0.212 e. The van der Waals surface area contributed by atoms with Gasteiger partial charge in [0.2, 0.25) is 6.29 Å². The van der Waals surface area contributed by atoms with E-state index in [1.54, 1.807) is 0 Å². The minimum Gasteiger partial charge on any atom is -0.379 e. The Morgan fingerprint density at radius 3 is 1.30 bits per heavy atom. The van der Waals surface area contributed by atoms with E-state index in [2.05, 4.69) is 11.8 Å². The molecule has 2 N–H and O–H groups in total. The van der Waals surface area contributed by atoms with E-state index in [0.29, 0.717) is 52.9 Å². The summed E-state index contributed by atoms with van der Waals surface area (Å²) in [7, 11) is 0. The first-order valence-corrected chi connectivity index (χ1v) is 11.7. The Kier molecular flexibility index (Phi) is 26.4. The minimum atomic E-state index is -1.32. The lowest BCUT2D eigenvalue weighted by molar-refractivity contribution is -0.343. The molecule has 0 aliphatic carbocycles. The SMILES string of the molecule is CCCCCCCCCCCCOCCOCCOCCOCCOCC(O)OO. The van der Waals surface area contributed by atoms with Crippen LogP contribution < -0.4 is 0 Å². The maximum absolute atomic E-state index is 8.86. The summed E-state index contributed by atoms with van der Waals surface area (Å²) in [5, 5.41) is 17.0. The average molecular weight is 439 g/mol. The molecule has 0 aromatic carbocycles. The van der Waals surface area contributed by atoms with E-state index in [1.807, 2.05) is 0 Å². The van der Waals surface area contributed by atoms with Crippen molar-refractivity contribution < 1.29 is 38.9 Å². The van der Waals surface area contributed by atoms with E-state index in [0.717, 1.165) is 13.0 Å². The van der Waals surface area contributed by atoms with Gasteiger partial charge < -0.3 is 28.8 Å². The van der Waals surface area contributed by atoms with Crippen molar-refractivity contribution in [1.82, 2.24) is 0 Å². The van der Waals surface area contributed by atoms with Gasteiger partial charge in [0.1, 0.15) is 6.61 Å².